The van der Waals surface area contributed by atoms with Crippen LogP contribution in [0.1, 0.15) is 15.9 Å². The molecular weight excluding hydrogens is 400 g/mol. The minimum Gasteiger partial charge on any atom is -0.495 e. The topological polar surface area (TPSA) is 64.3 Å². The number of nitrogens with one attached hydrogen (secondary N) is 1. The summed E-state index contributed by atoms with van der Waals surface area (Å²) in [5.41, 5.74) is 8.35. The van der Waals surface area contributed by atoms with Crippen LogP contribution in [0.3, 0.4) is 0 Å². The van der Waals surface area contributed by atoms with E-state index in [2.05, 4.69) is 37.2 Å². The quantitative estimate of drug-likeness (QED) is 0.734. The van der Waals surface area contributed by atoms with Gasteiger partial charge >= 0.3 is 0 Å². The lowest BCUT2D eigenvalue weighted by Gasteiger charge is -2.14. The predicted octanol–water partition coefficient (Wildman–Crippen LogP) is 4.36. The lowest BCUT2D eigenvalue weighted by Crippen LogP contribution is -2.14. The molecule has 0 saturated carbocycles. The van der Waals surface area contributed by atoms with Crippen molar-refractivity contribution >= 4 is 49.1 Å². The van der Waals surface area contributed by atoms with Gasteiger partial charge in [0.2, 0.25) is 0 Å². The van der Waals surface area contributed by atoms with Crippen LogP contribution in [0, 0.1) is 6.92 Å². The molecule has 4 nitrogen and oxygen atoms in total. The summed E-state index contributed by atoms with van der Waals surface area (Å²) in [5, 5.41) is 2.86. The highest BCUT2D eigenvalue weighted by Gasteiger charge is 2.13. The number of rotatable bonds is 3. The van der Waals surface area contributed by atoms with Gasteiger partial charge in [-0.25, -0.2) is 0 Å². The van der Waals surface area contributed by atoms with Crippen molar-refractivity contribution in [1.82, 2.24) is 0 Å². The largest absolute Gasteiger partial charge is 0.495 e. The third-order valence-electron chi connectivity index (χ3n) is 2.98. The number of hydrogen-bond donors (Lipinski definition) is 2. The number of aryl methyl sites for hydroxylation is 1. The van der Waals surface area contributed by atoms with E-state index in [1.165, 1.54) is 0 Å². The Morgan fingerprint density at radius 3 is 2.57 bits per heavy atom. The second kappa shape index (κ2) is 6.49. The zero-order chi connectivity index (χ0) is 15.6. The molecule has 0 aliphatic heterocycles. The molecule has 2 aromatic carbocycles. The Morgan fingerprint density at radius 1 is 1.24 bits per heavy atom. The number of carbonyl (C=O) groups is 1. The Hall–Kier alpha value is -1.53. The fraction of sp³-hybridized carbons (Fsp3) is 0.133. The number of nitrogen functional groups attached to an aromatic ring is 1. The van der Waals surface area contributed by atoms with Gasteiger partial charge in [0.25, 0.3) is 5.91 Å². The standard InChI is InChI=1S/C15H14Br2N2O2/c1-8-5-10(16)7-13(21-2)14(8)19-15(20)9-3-4-11(17)12(18)6-9/h3-7H,18H2,1-2H3,(H,19,20). The van der Waals surface area contributed by atoms with Gasteiger partial charge in [0, 0.05) is 20.2 Å². The fourth-order valence-corrected chi connectivity index (χ4v) is 2.70. The van der Waals surface area contributed by atoms with E-state index in [9.17, 15) is 4.79 Å². The highest BCUT2D eigenvalue weighted by atomic mass is 79.9. The number of halogens is 2. The average Bonchev–Trinajstić information content (AvgIpc) is 2.44. The molecule has 0 spiro atoms. The van der Waals surface area contributed by atoms with Gasteiger partial charge in [-0.3, -0.25) is 4.79 Å². The molecule has 3 N–H and O–H groups in total. The van der Waals surface area contributed by atoms with Crippen molar-refractivity contribution in [2.24, 2.45) is 0 Å². The SMILES string of the molecule is COc1cc(Br)cc(C)c1NC(=O)c1ccc(Br)c(N)c1. The Bertz CT molecular complexity index is 702. The van der Waals surface area contributed by atoms with Gasteiger partial charge < -0.3 is 15.8 Å². The molecule has 2 aromatic rings. The van der Waals surface area contributed by atoms with Crippen molar-refractivity contribution < 1.29 is 9.53 Å². The van der Waals surface area contributed by atoms with Gasteiger partial charge in [0.15, 0.2) is 0 Å². The summed E-state index contributed by atoms with van der Waals surface area (Å²) in [6.45, 7) is 1.90. The van der Waals surface area contributed by atoms with E-state index in [4.69, 9.17) is 10.5 Å². The minimum atomic E-state index is -0.238. The van der Waals surface area contributed by atoms with Crippen molar-refractivity contribution in [3.05, 3.63) is 50.4 Å². The number of ether oxygens (including phenoxy) is 1. The number of nitrogens with two attached hydrogens (primary N) is 1. The first-order chi connectivity index (χ1) is 9.92. The van der Waals surface area contributed by atoms with Crippen LogP contribution in [0.2, 0.25) is 0 Å². The van der Waals surface area contributed by atoms with Gasteiger partial charge in [0.1, 0.15) is 5.75 Å². The Kier molecular flexibility index (Phi) is 4.90. The molecule has 0 fully saturated rings. The highest BCUT2D eigenvalue weighted by Crippen LogP contribution is 2.32. The second-order valence-corrected chi connectivity index (χ2v) is 6.26. The van der Waals surface area contributed by atoms with Crippen LogP contribution in [0.4, 0.5) is 11.4 Å². The van der Waals surface area contributed by atoms with Crippen molar-refractivity contribution in [3.8, 4) is 5.75 Å². The first kappa shape index (κ1) is 15.9. The Labute approximate surface area is 139 Å². The maximum absolute atomic E-state index is 12.3. The van der Waals surface area contributed by atoms with Crippen LogP contribution in [-0.4, -0.2) is 13.0 Å². The maximum Gasteiger partial charge on any atom is 0.255 e. The van der Waals surface area contributed by atoms with E-state index in [-0.39, 0.29) is 5.91 Å². The van der Waals surface area contributed by atoms with E-state index < -0.39 is 0 Å². The van der Waals surface area contributed by atoms with Crippen molar-refractivity contribution in [2.75, 3.05) is 18.2 Å². The monoisotopic (exact) mass is 412 g/mol. The van der Waals surface area contributed by atoms with Gasteiger partial charge in [-0.05, 0) is 58.7 Å². The molecule has 0 unspecified atom stereocenters. The summed E-state index contributed by atoms with van der Waals surface area (Å²) in [6, 6.07) is 8.79. The molecule has 110 valence electrons. The van der Waals surface area contributed by atoms with Crippen LogP contribution < -0.4 is 15.8 Å². The molecule has 0 saturated heterocycles. The van der Waals surface area contributed by atoms with Gasteiger partial charge in [-0.2, -0.15) is 0 Å². The molecule has 0 aromatic heterocycles. The fourth-order valence-electron chi connectivity index (χ4n) is 1.90. The van der Waals surface area contributed by atoms with Crippen LogP contribution in [0.5, 0.6) is 5.75 Å². The Morgan fingerprint density at radius 2 is 1.95 bits per heavy atom. The number of methoxy groups -OCH3 is 1. The van der Waals surface area contributed by atoms with E-state index >= 15 is 0 Å². The molecule has 1 amide bonds. The van der Waals surface area contributed by atoms with Gasteiger partial charge in [-0.15, -0.1) is 0 Å². The lowest BCUT2D eigenvalue weighted by molar-refractivity contribution is 0.102. The van der Waals surface area contributed by atoms with Crippen molar-refractivity contribution in [1.29, 1.82) is 0 Å². The molecule has 0 radical (unpaired) electrons. The average molecular weight is 414 g/mol. The normalized spacial score (nSPS) is 10.3. The smallest absolute Gasteiger partial charge is 0.255 e. The first-order valence-electron chi connectivity index (χ1n) is 6.13. The van der Waals surface area contributed by atoms with Crippen molar-refractivity contribution in [3.63, 3.8) is 0 Å². The summed E-state index contributed by atoms with van der Waals surface area (Å²) in [4.78, 5) is 12.3. The molecule has 0 aliphatic carbocycles. The molecule has 0 aliphatic rings. The second-order valence-electron chi connectivity index (χ2n) is 4.49. The summed E-state index contributed by atoms with van der Waals surface area (Å²) in [5.74, 6) is 0.359. The van der Waals surface area contributed by atoms with Gasteiger partial charge in [0.05, 0.1) is 12.8 Å². The third-order valence-corrected chi connectivity index (χ3v) is 4.16. The molecular formula is C15H14Br2N2O2. The van der Waals surface area contributed by atoms with E-state index in [1.807, 2.05) is 13.0 Å². The van der Waals surface area contributed by atoms with Crippen molar-refractivity contribution in [2.45, 2.75) is 6.92 Å². The molecule has 21 heavy (non-hydrogen) atoms. The highest BCUT2D eigenvalue weighted by molar-refractivity contribution is 9.10. The lowest BCUT2D eigenvalue weighted by atomic mass is 10.1. The summed E-state index contributed by atoms with van der Waals surface area (Å²) in [6.07, 6.45) is 0. The van der Waals surface area contributed by atoms with Crippen LogP contribution in [0.15, 0.2) is 39.3 Å². The maximum atomic E-state index is 12.3. The van der Waals surface area contributed by atoms with Crippen LogP contribution in [0.25, 0.3) is 0 Å². The van der Waals surface area contributed by atoms with E-state index in [0.717, 1.165) is 14.5 Å². The predicted molar refractivity (Wildman–Crippen MR) is 91.9 cm³/mol. The molecule has 0 heterocycles. The first-order valence-corrected chi connectivity index (χ1v) is 7.71. The van der Waals surface area contributed by atoms with E-state index in [1.54, 1.807) is 31.4 Å². The van der Waals surface area contributed by atoms with E-state index in [0.29, 0.717) is 22.7 Å². The molecule has 2 rings (SSSR count). The minimum absolute atomic E-state index is 0.238. The molecule has 0 bridgehead atoms. The summed E-state index contributed by atoms with van der Waals surface area (Å²) >= 11 is 6.71. The number of carbonyl (C=O) groups excluding carboxylic acids is 1. The third kappa shape index (κ3) is 3.57. The molecule has 6 heteroatoms. The van der Waals surface area contributed by atoms with Crippen LogP contribution >= 0.6 is 31.9 Å². The number of benzene rings is 2. The molecule has 0 atom stereocenters. The Balaban J connectivity index is 2.33. The number of hydrogen-bond acceptors (Lipinski definition) is 3. The summed E-state index contributed by atoms with van der Waals surface area (Å²) < 4.78 is 6.96. The summed E-state index contributed by atoms with van der Waals surface area (Å²) in [7, 11) is 1.56. The van der Waals surface area contributed by atoms with Crippen LogP contribution in [-0.2, 0) is 0 Å². The number of anilines is 2. The number of amides is 1. The van der Waals surface area contributed by atoms with Gasteiger partial charge in [-0.1, -0.05) is 15.9 Å². The zero-order valence-corrected chi connectivity index (χ0v) is 14.7. The zero-order valence-electron chi connectivity index (χ0n) is 11.5.